The van der Waals surface area contributed by atoms with E-state index in [1.807, 2.05) is 23.5 Å². The van der Waals surface area contributed by atoms with Gasteiger partial charge in [-0.2, -0.15) is 0 Å². The van der Waals surface area contributed by atoms with Gasteiger partial charge in [0.05, 0.1) is 11.4 Å². The lowest BCUT2D eigenvalue weighted by Crippen LogP contribution is -2.10. The standard InChI is InChI=1S/C58H38N2O2S/c1-35-17-23-41(24-18-35)59(51-13-7-11-47-45-9-3-5-15-53(45)61-57(47)51)43-27-21-37-33-55-49(31-39(37)29-43)50-32-40-30-44(28-22-38(40)34-56(50)63-55)60(42-25-19-36(2)20-26-42)52-14-8-12-48-46-10-4-6-16-54(46)62-58(48)52/h3-34H,1-2H3. The molecule has 0 saturated carbocycles. The Hall–Kier alpha value is -7.86. The molecule has 0 bridgehead atoms. The Bertz CT molecular complexity index is 3690. The number of rotatable bonds is 6. The van der Waals surface area contributed by atoms with E-state index in [-0.39, 0.29) is 0 Å². The maximum atomic E-state index is 6.61. The average molecular weight is 827 g/mol. The molecule has 10 aromatic carbocycles. The summed E-state index contributed by atoms with van der Waals surface area (Å²) < 4.78 is 15.8. The van der Waals surface area contributed by atoms with Gasteiger partial charge in [0.25, 0.3) is 0 Å². The monoisotopic (exact) mass is 826 g/mol. The minimum absolute atomic E-state index is 0.875. The largest absolute Gasteiger partial charge is 0.454 e. The summed E-state index contributed by atoms with van der Waals surface area (Å²) in [5.41, 5.74) is 12.3. The predicted molar refractivity (Wildman–Crippen MR) is 268 cm³/mol. The minimum Gasteiger partial charge on any atom is -0.454 e. The first-order valence-corrected chi connectivity index (χ1v) is 22.2. The van der Waals surface area contributed by atoms with Crippen LogP contribution in [0.1, 0.15) is 11.1 Å². The van der Waals surface area contributed by atoms with Crippen LogP contribution in [0.5, 0.6) is 0 Å². The highest BCUT2D eigenvalue weighted by Gasteiger charge is 2.22. The van der Waals surface area contributed by atoms with Gasteiger partial charge >= 0.3 is 0 Å². The van der Waals surface area contributed by atoms with Crippen LogP contribution in [-0.4, -0.2) is 0 Å². The Morgan fingerprint density at radius 3 is 1.21 bits per heavy atom. The van der Waals surface area contributed by atoms with Gasteiger partial charge in [-0.1, -0.05) is 108 Å². The molecule has 3 aromatic heterocycles. The van der Waals surface area contributed by atoms with Gasteiger partial charge in [0.2, 0.25) is 0 Å². The predicted octanol–water partition coefficient (Wildman–Crippen LogP) is 17.7. The molecule has 0 aliphatic carbocycles. The Labute approximate surface area is 367 Å². The number of para-hydroxylation sites is 4. The van der Waals surface area contributed by atoms with E-state index in [1.165, 1.54) is 52.8 Å². The molecule has 0 unspecified atom stereocenters. The molecule has 4 nitrogen and oxygen atoms in total. The third-order valence-electron chi connectivity index (χ3n) is 12.7. The third-order valence-corrected chi connectivity index (χ3v) is 13.8. The Kier molecular flexibility index (Phi) is 7.87. The first-order chi connectivity index (χ1) is 31.0. The fourth-order valence-electron chi connectivity index (χ4n) is 9.57. The third kappa shape index (κ3) is 5.74. The van der Waals surface area contributed by atoms with Gasteiger partial charge < -0.3 is 18.6 Å². The molecule has 13 rings (SSSR count). The molecular weight excluding hydrogens is 789 g/mol. The quantitative estimate of drug-likeness (QED) is 0.167. The molecule has 0 radical (unpaired) electrons. The summed E-state index contributed by atoms with van der Waals surface area (Å²) in [4.78, 5) is 4.67. The van der Waals surface area contributed by atoms with Gasteiger partial charge in [0.1, 0.15) is 11.2 Å². The molecule has 0 aliphatic rings. The molecule has 3 heterocycles. The zero-order chi connectivity index (χ0) is 41.8. The van der Waals surface area contributed by atoms with Crippen LogP contribution >= 0.6 is 11.3 Å². The van der Waals surface area contributed by atoms with Crippen molar-refractivity contribution in [2.75, 3.05) is 9.80 Å². The minimum atomic E-state index is 0.875. The van der Waals surface area contributed by atoms with Gasteiger partial charge in [-0.25, -0.2) is 0 Å². The molecule has 63 heavy (non-hydrogen) atoms. The van der Waals surface area contributed by atoms with Gasteiger partial charge in [-0.05, 0) is 132 Å². The van der Waals surface area contributed by atoms with Gasteiger partial charge in [0, 0.05) is 64.5 Å². The van der Waals surface area contributed by atoms with Crippen molar-refractivity contribution in [3.63, 3.8) is 0 Å². The highest BCUT2D eigenvalue weighted by molar-refractivity contribution is 7.26. The number of furan rings is 2. The molecule has 0 N–H and O–H groups in total. The van der Waals surface area contributed by atoms with Crippen LogP contribution in [0.2, 0.25) is 0 Å². The second-order valence-electron chi connectivity index (χ2n) is 16.7. The number of aryl methyl sites for hydroxylation is 2. The van der Waals surface area contributed by atoms with Crippen molar-refractivity contribution in [3.8, 4) is 0 Å². The van der Waals surface area contributed by atoms with E-state index in [4.69, 9.17) is 8.83 Å². The molecule has 298 valence electrons. The van der Waals surface area contributed by atoms with E-state index in [1.54, 1.807) is 0 Å². The topological polar surface area (TPSA) is 32.8 Å². The lowest BCUT2D eigenvalue weighted by molar-refractivity contribution is 0.668. The fourth-order valence-corrected chi connectivity index (χ4v) is 10.7. The van der Waals surface area contributed by atoms with Crippen molar-refractivity contribution in [3.05, 3.63) is 205 Å². The van der Waals surface area contributed by atoms with Crippen molar-refractivity contribution < 1.29 is 8.83 Å². The first-order valence-electron chi connectivity index (χ1n) is 21.4. The number of benzene rings is 10. The van der Waals surface area contributed by atoms with Crippen LogP contribution in [0.15, 0.2) is 203 Å². The first kappa shape index (κ1) is 35.9. The summed E-state index contributed by atoms with van der Waals surface area (Å²) in [6.07, 6.45) is 0. The summed E-state index contributed by atoms with van der Waals surface area (Å²) in [7, 11) is 0. The SMILES string of the molecule is Cc1ccc(N(c2ccc3cc4sc5cc6ccc(N(c7ccc(C)cc7)c7cccc8c7oc7ccccc78)cc6cc5c4cc3c2)c2cccc3c2oc2ccccc23)cc1. The molecule has 13 aromatic rings. The summed E-state index contributed by atoms with van der Waals surface area (Å²) in [6, 6.07) is 70.2. The van der Waals surface area contributed by atoms with Gasteiger partial charge in [-0.15, -0.1) is 11.3 Å². The second kappa shape index (κ2) is 13.8. The van der Waals surface area contributed by atoms with Crippen LogP contribution in [0.3, 0.4) is 0 Å². The smallest absolute Gasteiger partial charge is 0.159 e. The zero-order valence-electron chi connectivity index (χ0n) is 34.6. The average Bonchev–Trinajstić information content (AvgIpc) is 4.00. The molecule has 0 spiro atoms. The molecular formula is C58H38N2O2S. The Balaban J connectivity index is 0.969. The number of nitrogens with zero attached hydrogens (tertiary/aromatic N) is 2. The number of hydrogen-bond acceptors (Lipinski definition) is 5. The molecule has 0 amide bonds. The summed E-state index contributed by atoms with van der Waals surface area (Å²) in [5, 5.41) is 11.8. The van der Waals surface area contributed by atoms with Crippen molar-refractivity contribution in [1.29, 1.82) is 0 Å². The van der Waals surface area contributed by atoms with Crippen molar-refractivity contribution in [2.24, 2.45) is 0 Å². The maximum absolute atomic E-state index is 6.61. The van der Waals surface area contributed by atoms with E-state index >= 15 is 0 Å². The number of thiophene rings is 1. The number of anilines is 6. The van der Waals surface area contributed by atoms with Crippen LogP contribution in [0.4, 0.5) is 34.1 Å². The lowest BCUT2D eigenvalue weighted by Gasteiger charge is -2.26. The summed E-state index contributed by atoms with van der Waals surface area (Å²) >= 11 is 1.86. The highest BCUT2D eigenvalue weighted by atomic mass is 32.1. The van der Waals surface area contributed by atoms with Crippen LogP contribution in [0.25, 0.3) is 85.6 Å². The van der Waals surface area contributed by atoms with Crippen LogP contribution in [-0.2, 0) is 0 Å². The van der Waals surface area contributed by atoms with Crippen LogP contribution < -0.4 is 9.80 Å². The van der Waals surface area contributed by atoms with Crippen molar-refractivity contribution in [2.45, 2.75) is 13.8 Å². The fraction of sp³-hybridized carbons (Fsp3) is 0.0345. The normalized spacial score (nSPS) is 12.0. The lowest BCUT2D eigenvalue weighted by atomic mass is 10.0. The zero-order valence-corrected chi connectivity index (χ0v) is 35.4. The Morgan fingerprint density at radius 1 is 0.333 bits per heavy atom. The van der Waals surface area contributed by atoms with E-state index < -0.39 is 0 Å². The molecule has 0 saturated heterocycles. The van der Waals surface area contributed by atoms with E-state index in [2.05, 4.69) is 206 Å². The number of hydrogen-bond donors (Lipinski definition) is 0. The number of fused-ring (bicyclic) bond motifs is 11. The van der Waals surface area contributed by atoms with E-state index in [9.17, 15) is 0 Å². The summed E-state index contributed by atoms with van der Waals surface area (Å²) in [6.45, 7) is 4.26. The summed E-state index contributed by atoms with van der Waals surface area (Å²) in [5.74, 6) is 0. The van der Waals surface area contributed by atoms with Gasteiger partial charge in [0.15, 0.2) is 11.2 Å². The Morgan fingerprint density at radius 2 is 0.746 bits per heavy atom. The van der Waals surface area contributed by atoms with Crippen molar-refractivity contribution >= 4 is 131 Å². The van der Waals surface area contributed by atoms with Crippen LogP contribution in [0, 0.1) is 13.8 Å². The molecule has 0 fully saturated rings. The highest BCUT2D eigenvalue weighted by Crippen LogP contribution is 2.46. The van der Waals surface area contributed by atoms with Gasteiger partial charge in [-0.3, -0.25) is 0 Å². The molecule has 0 aliphatic heterocycles. The van der Waals surface area contributed by atoms with E-state index in [0.29, 0.717) is 0 Å². The molecule has 5 heteroatoms. The molecule has 0 atom stereocenters. The second-order valence-corrected chi connectivity index (χ2v) is 17.8. The van der Waals surface area contributed by atoms with E-state index in [0.717, 1.165) is 78.0 Å². The van der Waals surface area contributed by atoms with Crippen molar-refractivity contribution in [1.82, 2.24) is 0 Å². The maximum Gasteiger partial charge on any atom is 0.159 e.